The van der Waals surface area contributed by atoms with Gasteiger partial charge in [-0.05, 0) is 26.0 Å². The third kappa shape index (κ3) is 2.53. The SMILES string of the molecule is Cc1nn(C)c(C)c1Oc1nc2ccccc2cc1CBr. The molecule has 0 spiro atoms. The Labute approximate surface area is 131 Å². The predicted octanol–water partition coefficient (Wildman–Crippen LogP) is 4.27. The molecule has 0 amide bonds. The van der Waals surface area contributed by atoms with E-state index in [2.05, 4.69) is 38.1 Å². The highest BCUT2D eigenvalue weighted by Crippen LogP contribution is 2.31. The summed E-state index contributed by atoms with van der Waals surface area (Å²) in [5, 5.41) is 6.18. The fourth-order valence-electron chi connectivity index (χ4n) is 2.32. The molecule has 5 heteroatoms. The minimum atomic E-state index is 0.629. The van der Waals surface area contributed by atoms with Crippen molar-refractivity contribution < 1.29 is 4.74 Å². The van der Waals surface area contributed by atoms with E-state index in [9.17, 15) is 0 Å². The van der Waals surface area contributed by atoms with E-state index in [0.717, 1.165) is 33.6 Å². The van der Waals surface area contributed by atoms with Gasteiger partial charge in [-0.3, -0.25) is 4.68 Å². The Kier molecular flexibility index (Phi) is 3.68. The van der Waals surface area contributed by atoms with Crippen LogP contribution in [0.25, 0.3) is 10.9 Å². The summed E-state index contributed by atoms with van der Waals surface area (Å²) in [5.41, 5.74) is 3.81. The van der Waals surface area contributed by atoms with Gasteiger partial charge in [0.2, 0.25) is 5.88 Å². The largest absolute Gasteiger partial charge is 0.435 e. The van der Waals surface area contributed by atoms with Gasteiger partial charge in [-0.2, -0.15) is 5.10 Å². The average molecular weight is 346 g/mol. The first kappa shape index (κ1) is 14.1. The smallest absolute Gasteiger partial charge is 0.224 e. The first-order valence-corrected chi connectivity index (χ1v) is 7.85. The number of ether oxygens (including phenoxy) is 1. The summed E-state index contributed by atoms with van der Waals surface area (Å²) in [6, 6.07) is 10.1. The lowest BCUT2D eigenvalue weighted by Crippen LogP contribution is -1.96. The van der Waals surface area contributed by atoms with E-state index in [0.29, 0.717) is 11.2 Å². The summed E-state index contributed by atoms with van der Waals surface area (Å²) >= 11 is 3.51. The van der Waals surface area contributed by atoms with Gasteiger partial charge < -0.3 is 4.74 Å². The van der Waals surface area contributed by atoms with Gasteiger partial charge in [0, 0.05) is 23.3 Å². The molecule has 0 fully saturated rings. The number of pyridine rings is 1. The van der Waals surface area contributed by atoms with E-state index < -0.39 is 0 Å². The number of hydrogen-bond donors (Lipinski definition) is 0. The maximum absolute atomic E-state index is 6.07. The fourth-order valence-corrected chi connectivity index (χ4v) is 2.73. The van der Waals surface area contributed by atoms with Crippen molar-refractivity contribution in [2.75, 3.05) is 0 Å². The van der Waals surface area contributed by atoms with E-state index in [-0.39, 0.29) is 0 Å². The third-order valence-corrected chi connectivity index (χ3v) is 4.15. The molecule has 0 aliphatic carbocycles. The number of benzene rings is 1. The Morgan fingerprint density at radius 3 is 2.67 bits per heavy atom. The molecule has 108 valence electrons. The number of alkyl halides is 1. The van der Waals surface area contributed by atoms with Crippen LogP contribution in [0.15, 0.2) is 30.3 Å². The first-order chi connectivity index (χ1) is 10.1. The van der Waals surface area contributed by atoms with Gasteiger partial charge in [0.15, 0.2) is 5.75 Å². The molecule has 0 bridgehead atoms. The van der Waals surface area contributed by atoms with Crippen LogP contribution in [0.4, 0.5) is 0 Å². The van der Waals surface area contributed by atoms with Crippen LogP contribution >= 0.6 is 15.9 Å². The molecule has 3 aromatic rings. The maximum atomic E-state index is 6.07. The molecule has 0 N–H and O–H groups in total. The molecule has 0 saturated heterocycles. The topological polar surface area (TPSA) is 39.9 Å². The van der Waals surface area contributed by atoms with E-state index in [1.165, 1.54) is 0 Å². The van der Waals surface area contributed by atoms with E-state index in [1.54, 1.807) is 0 Å². The molecule has 0 unspecified atom stereocenters. The average Bonchev–Trinajstić information content (AvgIpc) is 2.73. The lowest BCUT2D eigenvalue weighted by Gasteiger charge is -2.10. The van der Waals surface area contributed by atoms with Gasteiger partial charge in [0.05, 0.1) is 11.2 Å². The van der Waals surface area contributed by atoms with Crippen LogP contribution in [0.5, 0.6) is 11.6 Å². The van der Waals surface area contributed by atoms with Crippen LogP contribution in [0.1, 0.15) is 17.0 Å². The van der Waals surface area contributed by atoms with E-state index in [1.807, 2.05) is 43.8 Å². The lowest BCUT2D eigenvalue weighted by molar-refractivity contribution is 0.453. The highest BCUT2D eigenvalue weighted by Gasteiger charge is 2.15. The summed E-state index contributed by atoms with van der Waals surface area (Å²) < 4.78 is 7.89. The van der Waals surface area contributed by atoms with Gasteiger partial charge in [-0.15, -0.1) is 0 Å². The van der Waals surface area contributed by atoms with Crippen LogP contribution in [0.2, 0.25) is 0 Å². The number of para-hydroxylation sites is 1. The number of aryl methyl sites for hydroxylation is 2. The maximum Gasteiger partial charge on any atom is 0.224 e. The van der Waals surface area contributed by atoms with Gasteiger partial charge in [0.1, 0.15) is 5.69 Å². The lowest BCUT2D eigenvalue weighted by atomic mass is 10.2. The van der Waals surface area contributed by atoms with Crippen molar-refractivity contribution in [2.24, 2.45) is 7.05 Å². The fraction of sp³-hybridized carbons (Fsp3) is 0.250. The van der Waals surface area contributed by atoms with Crippen molar-refractivity contribution >= 4 is 26.8 Å². The highest BCUT2D eigenvalue weighted by atomic mass is 79.9. The molecule has 0 aliphatic heterocycles. The van der Waals surface area contributed by atoms with Gasteiger partial charge >= 0.3 is 0 Å². The molecule has 4 nitrogen and oxygen atoms in total. The van der Waals surface area contributed by atoms with Gasteiger partial charge in [-0.1, -0.05) is 34.1 Å². The number of rotatable bonds is 3. The van der Waals surface area contributed by atoms with E-state index in [4.69, 9.17) is 4.74 Å². The summed E-state index contributed by atoms with van der Waals surface area (Å²) in [7, 11) is 1.91. The zero-order valence-electron chi connectivity index (χ0n) is 12.2. The summed E-state index contributed by atoms with van der Waals surface area (Å²) in [6.45, 7) is 3.93. The predicted molar refractivity (Wildman–Crippen MR) is 87.1 cm³/mol. The molecule has 0 atom stereocenters. The van der Waals surface area contributed by atoms with E-state index >= 15 is 0 Å². The second-order valence-electron chi connectivity index (χ2n) is 5.00. The number of fused-ring (bicyclic) bond motifs is 1. The van der Waals surface area contributed by atoms with Crippen LogP contribution in [0, 0.1) is 13.8 Å². The Bertz CT molecular complexity index is 811. The van der Waals surface area contributed by atoms with Crippen molar-refractivity contribution in [3.05, 3.63) is 47.3 Å². The number of halogens is 1. The number of aromatic nitrogens is 3. The number of hydrogen-bond acceptors (Lipinski definition) is 3. The van der Waals surface area contributed by atoms with Crippen molar-refractivity contribution in [3.63, 3.8) is 0 Å². The van der Waals surface area contributed by atoms with Crippen molar-refractivity contribution in [2.45, 2.75) is 19.2 Å². The zero-order valence-corrected chi connectivity index (χ0v) is 13.8. The normalized spacial score (nSPS) is 11.0. The van der Waals surface area contributed by atoms with Crippen LogP contribution in [-0.2, 0) is 12.4 Å². The molecular formula is C16H16BrN3O. The van der Waals surface area contributed by atoms with Crippen molar-refractivity contribution in [1.82, 2.24) is 14.8 Å². The first-order valence-electron chi connectivity index (χ1n) is 6.73. The molecule has 0 saturated carbocycles. The number of nitrogens with zero attached hydrogens (tertiary/aromatic N) is 3. The third-order valence-electron chi connectivity index (χ3n) is 3.55. The molecule has 0 radical (unpaired) electrons. The Morgan fingerprint density at radius 1 is 1.24 bits per heavy atom. The molecule has 3 rings (SSSR count). The van der Waals surface area contributed by atoms with Gasteiger partial charge in [0.25, 0.3) is 0 Å². The molecule has 21 heavy (non-hydrogen) atoms. The van der Waals surface area contributed by atoms with Crippen LogP contribution in [-0.4, -0.2) is 14.8 Å². The summed E-state index contributed by atoms with van der Waals surface area (Å²) in [4.78, 5) is 4.64. The molecule has 2 heterocycles. The standard InChI is InChI=1S/C16H16BrN3O/c1-10-15(11(2)20(3)19-10)21-16-13(9-17)8-12-6-4-5-7-14(12)18-16/h4-8H,9H2,1-3H3. The van der Waals surface area contributed by atoms with Crippen LogP contribution in [0.3, 0.4) is 0 Å². The summed E-state index contributed by atoms with van der Waals surface area (Å²) in [6.07, 6.45) is 0. The van der Waals surface area contributed by atoms with Crippen LogP contribution < -0.4 is 4.74 Å². The minimum absolute atomic E-state index is 0.629. The quantitative estimate of drug-likeness (QED) is 0.665. The summed E-state index contributed by atoms with van der Waals surface area (Å²) in [5.74, 6) is 1.41. The molecule has 2 aromatic heterocycles. The van der Waals surface area contributed by atoms with Crippen molar-refractivity contribution in [3.8, 4) is 11.6 Å². The Hall–Kier alpha value is -1.88. The molecular weight excluding hydrogens is 330 g/mol. The van der Waals surface area contributed by atoms with Gasteiger partial charge in [-0.25, -0.2) is 4.98 Å². The second-order valence-corrected chi connectivity index (χ2v) is 5.57. The van der Waals surface area contributed by atoms with Crippen molar-refractivity contribution in [1.29, 1.82) is 0 Å². The monoisotopic (exact) mass is 345 g/mol. The Morgan fingerprint density at radius 2 is 2.00 bits per heavy atom. The minimum Gasteiger partial charge on any atom is -0.435 e. The second kappa shape index (κ2) is 5.48. The molecule has 1 aromatic carbocycles. The molecule has 0 aliphatic rings. The zero-order chi connectivity index (χ0) is 15.0. The Balaban J connectivity index is 2.11. The highest BCUT2D eigenvalue weighted by molar-refractivity contribution is 9.08.